The van der Waals surface area contributed by atoms with Gasteiger partial charge in [0.1, 0.15) is 5.75 Å². The summed E-state index contributed by atoms with van der Waals surface area (Å²) in [5, 5.41) is 0. The molecule has 1 aliphatic rings. The van der Waals surface area contributed by atoms with E-state index in [9.17, 15) is 22.8 Å². The van der Waals surface area contributed by atoms with Crippen LogP contribution in [0.1, 0.15) is 31.4 Å². The molecular formula is C19H16F3NO3. The van der Waals surface area contributed by atoms with Gasteiger partial charge in [0, 0.05) is 13.3 Å². The maximum Gasteiger partial charge on any atom is 0.573 e. The van der Waals surface area contributed by atoms with Crippen LogP contribution in [0.25, 0.3) is 11.1 Å². The first-order chi connectivity index (χ1) is 12.2. The second-order valence-electron chi connectivity index (χ2n) is 6.03. The number of carbonyl (C=O) groups excluding carboxylic acids is 2. The van der Waals surface area contributed by atoms with E-state index < -0.39 is 6.36 Å². The maximum atomic E-state index is 12.2. The van der Waals surface area contributed by atoms with E-state index in [1.54, 1.807) is 0 Å². The quantitative estimate of drug-likeness (QED) is 0.809. The predicted molar refractivity (Wildman–Crippen MR) is 88.1 cm³/mol. The average molecular weight is 363 g/mol. The molecule has 2 aromatic carbocycles. The molecule has 1 fully saturated rings. The number of hydrogen-bond acceptors (Lipinski definition) is 3. The minimum Gasteiger partial charge on any atom is -0.406 e. The monoisotopic (exact) mass is 363 g/mol. The summed E-state index contributed by atoms with van der Waals surface area (Å²) >= 11 is 0. The molecule has 0 spiro atoms. The van der Waals surface area contributed by atoms with Crippen molar-refractivity contribution in [3.63, 3.8) is 0 Å². The van der Waals surface area contributed by atoms with Crippen molar-refractivity contribution >= 4 is 11.8 Å². The van der Waals surface area contributed by atoms with E-state index in [2.05, 4.69) is 4.74 Å². The number of amides is 2. The van der Waals surface area contributed by atoms with Crippen molar-refractivity contribution in [2.45, 2.75) is 32.2 Å². The van der Waals surface area contributed by atoms with Crippen molar-refractivity contribution in [3.05, 3.63) is 54.1 Å². The van der Waals surface area contributed by atoms with E-state index >= 15 is 0 Å². The first-order valence-electron chi connectivity index (χ1n) is 8.03. The fourth-order valence-corrected chi connectivity index (χ4v) is 3.14. The molecule has 1 atom stereocenters. The Balaban J connectivity index is 1.77. The van der Waals surface area contributed by atoms with Crippen LogP contribution in [0.5, 0.6) is 5.75 Å². The van der Waals surface area contributed by atoms with Gasteiger partial charge in [-0.15, -0.1) is 13.2 Å². The number of hydrogen-bond donors (Lipinski definition) is 0. The lowest BCUT2D eigenvalue weighted by molar-refractivity contribution is -0.274. The molecule has 0 N–H and O–H groups in total. The van der Waals surface area contributed by atoms with Crippen LogP contribution in [0.15, 0.2) is 48.5 Å². The first-order valence-corrected chi connectivity index (χ1v) is 8.03. The lowest BCUT2D eigenvalue weighted by Crippen LogP contribution is -2.32. The molecule has 0 radical (unpaired) electrons. The Morgan fingerprint density at radius 2 is 1.58 bits per heavy atom. The lowest BCUT2D eigenvalue weighted by Gasteiger charge is -2.22. The van der Waals surface area contributed by atoms with Gasteiger partial charge in [0.2, 0.25) is 11.8 Å². The van der Waals surface area contributed by atoms with Crippen LogP contribution in [0.2, 0.25) is 0 Å². The van der Waals surface area contributed by atoms with Crippen molar-refractivity contribution in [3.8, 4) is 16.9 Å². The second kappa shape index (κ2) is 6.82. The van der Waals surface area contributed by atoms with Gasteiger partial charge < -0.3 is 4.74 Å². The highest BCUT2D eigenvalue weighted by molar-refractivity contribution is 5.96. The van der Waals surface area contributed by atoms with Gasteiger partial charge in [-0.25, -0.2) is 0 Å². The van der Waals surface area contributed by atoms with E-state index in [0.717, 1.165) is 16.7 Å². The van der Waals surface area contributed by atoms with E-state index in [1.165, 1.54) is 36.1 Å². The smallest absolute Gasteiger partial charge is 0.406 e. The molecule has 1 heterocycles. The summed E-state index contributed by atoms with van der Waals surface area (Å²) < 4.78 is 40.5. The minimum absolute atomic E-state index is 0.174. The van der Waals surface area contributed by atoms with Crippen molar-refractivity contribution in [2.24, 2.45) is 0 Å². The summed E-state index contributed by atoms with van der Waals surface area (Å²) in [6, 6.07) is 12.6. The number of alkyl halides is 3. The number of ether oxygens (including phenoxy) is 1. The molecule has 136 valence electrons. The Kier molecular flexibility index (Phi) is 4.71. The van der Waals surface area contributed by atoms with Gasteiger partial charge in [-0.2, -0.15) is 0 Å². The number of carbonyl (C=O) groups is 2. The van der Waals surface area contributed by atoms with Crippen LogP contribution in [-0.2, 0) is 9.59 Å². The lowest BCUT2D eigenvalue weighted by atomic mass is 9.99. The van der Waals surface area contributed by atoms with Gasteiger partial charge in [0.05, 0.1) is 6.04 Å². The molecule has 2 amide bonds. The van der Waals surface area contributed by atoms with Crippen LogP contribution in [0, 0.1) is 0 Å². The minimum atomic E-state index is -4.72. The Morgan fingerprint density at radius 1 is 1.04 bits per heavy atom. The third-order valence-electron chi connectivity index (χ3n) is 4.27. The molecule has 2 aromatic rings. The third-order valence-corrected chi connectivity index (χ3v) is 4.27. The standard InChI is InChI=1S/C19H16F3NO3/c1-12(24)23-17(10-11-18(23)25)15-4-2-13(3-5-15)14-6-8-16(9-7-14)26-19(20,21)22/h2-9,17H,10-11H2,1H3/t17-/m1/s1. The van der Waals surface area contributed by atoms with E-state index in [0.29, 0.717) is 12.8 Å². The highest BCUT2D eigenvalue weighted by Crippen LogP contribution is 2.34. The normalized spacial score (nSPS) is 17.5. The van der Waals surface area contributed by atoms with E-state index in [1.807, 2.05) is 24.3 Å². The molecule has 0 bridgehead atoms. The van der Waals surface area contributed by atoms with Crippen molar-refractivity contribution in [1.29, 1.82) is 0 Å². The zero-order valence-corrected chi connectivity index (χ0v) is 13.9. The van der Waals surface area contributed by atoms with Crippen LogP contribution < -0.4 is 4.74 Å². The summed E-state index contributed by atoms with van der Waals surface area (Å²) in [7, 11) is 0. The Hall–Kier alpha value is -2.83. The van der Waals surface area contributed by atoms with Gasteiger partial charge in [0.25, 0.3) is 0 Å². The summed E-state index contributed by atoms with van der Waals surface area (Å²) in [4.78, 5) is 24.8. The zero-order chi connectivity index (χ0) is 18.9. The topological polar surface area (TPSA) is 46.6 Å². The molecule has 26 heavy (non-hydrogen) atoms. The third kappa shape index (κ3) is 3.87. The van der Waals surface area contributed by atoms with Gasteiger partial charge >= 0.3 is 6.36 Å². The molecule has 1 aliphatic heterocycles. The van der Waals surface area contributed by atoms with Gasteiger partial charge in [-0.3, -0.25) is 14.5 Å². The Labute approximate surface area is 148 Å². The molecular weight excluding hydrogens is 347 g/mol. The van der Waals surface area contributed by atoms with E-state index in [-0.39, 0.29) is 23.6 Å². The summed E-state index contributed by atoms with van der Waals surface area (Å²) in [5.74, 6) is -0.729. The summed E-state index contributed by atoms with van der Waals surface area (Å²) in [6.07, 6.45) is -3.79. The molecule has 4 nitrogen and oxygen atoms in total. The SMILES string of the molecule is CC(=O)N1C(=O)CC[C@@H]1c1ccc(-c2ccc(OC(F)(F)F)cc2)cc1. The first kappa shape index (κ1) is 18.0. The maximum absolute atomic E-state index is 12.2. The molecule has 3 rings (SSSR count). The molecule has 0 saturated carbocycles. The van der Waals surface area contributed by atoms with Crippen LogP contribution in [-0.4, -0.2) is 23.1 Å². The summed E-state index contributed by atoms with van der Waals surface area (Å²) in [6.45, 7) is 1.37. The number of likely N-dealkylation sites (tertiary alicyclic amines) is 1. The average Bonchev–Trinajstić information content (AvgIpc) is 2.96. The highest BCUT2D eigenvalue weighted by Gasteiger charge is 2.34. The molecule has 0 unspecified atom stereocenters. The summed E-state index contributed by atoms with van der Waals surface area (Å²) in [5.41, 5.74) is 2.40. The Bertz CT molecular complexity index is 813. The number of nitrogens with zero attached hydrogens (tertiary/aromatic N) is 1. The van der Waals surface area contributed by atoms with Crippen molar-refractivity contribution in [2.75, 3.05) is 0 Å². The number of rotatable bonds is 3. The van der Waals surface area contributed by atoms with Gasteiger partial charge in [0.15, 0.2) is 0 Å². The largest absolute Gasteiger partial charge is 0.573 e. The van der Waals surface area contributed by atoms with Gasteiger partial charge in [-0.1, -0.05) is 36.4 Å². The predicted octanol–water partition coefficient (Wildman–Crippen LogP) is 4.46. The Morgan fingerprint density at radius 3 is 2.08 bits per heavy atom. The van der Waals surface area contributed by atoms with Gasteiger partial charge in [-0.05, 0) is 35.2 Å². The van der Waals surface area contributed by atoms with Crippen LogP contribution >= 0.6 is 0 Å². The fourth-order valence-electron chi connectivity index (χ4n) is 3.14. The number of halogens is 3. The van der Waals surface area contributed by atoms with Crippen molar-refractivity contribution < 1.29 is 27.5 Å². The molecule has 7 heteroatoms. The van der Waals surface area contributed by atoms with E-state index in [4.69, 9.17) is 0 Å². The number of imide groups is 1. The van der Waals surface area contributed by atoms with Crippen molar-refractivity contribution in [1.82, 2.24) is 4.90 Å². The van der Waals surface area contributed by atoms with Crippen LogP contribution in [0.3, 0.4) is 0 Å². The fraction of sp³-hybridized carbons (Fsp3) is 0.263. The molecule has 0 aliphatic carbocycles. The second-order valence-corrected chi connectivity index (χ2v) is 6.03. The molecule has 1 saturated heterocycles. The highest BCUT2D eigenvalue weighted by atomic mass is 19.4. The van der Waals surface area contributed by atoms with Crippen LogP contribution in [0.4, 0.5) is 13.2 Å². The molecule has 0 aromatic heterocycles. The number of benzene rings is 2. The zero-order valence-electron chi connectivity index (χ0n) is 13.9.